The van der Waals surface area contributed by atoms with E-state index >= 15 is 0 Å². The molecule has 36 heavy (non-hydrogen) atoms. The predicted octanol–water partition coefficient (Wildman–Crippen LogP) is 5.89. The molecule has 3 aliphatic rings. The molecule has 2 saturated heterocycles. The molecule has 7 heteroatoms. The molecule has 1 aliphatic carbocycles. The number of hydrogen-bond acceptors (Lipinski definition) is 5. The molecule has 2 aliphatic heterocycles. The largest absolute Gasteiger partial charge is 0.361 e. The van der Waals surface area contributed by atoms with E-state index in [1.165, 1.54) is 63.4 Å². The van der Waals surface area contributed by atoms with Crippen molar-refractivity contribution in [3.05, 3.63) is 42.0 Å². The molecule has 3 heterocycles. The number of nitrogens with zero attached hydrogens (tertiary/aromatic N) is 4. The van der Waals surface area contributed by atoms with Crippen LogP contribution in [-0.4, -0.2) is 47.3 Å². The second kappa shape index (κ2) is 11.3. The van der Waals surface area contributed by atoms with Crippen molar-refractivity contribution in [1.29, 1.82) is 0 Å². The van der Waals surface area contributed by atoms with Crippen LogP contribution in [0, 0.1) is 5.92 Å². The summed E-state index contributed by atoms with van der Waals surface area (Å²) >= 11 is 5.78. The highest BCUT2D eigenvalue weighted by Crippen LogP contribution is 2.40. The first-order chi connectivity index (χ1) is 17.5. The van der Waals surface area contributed by atoms with Crippen LogP contribution in [0.2, 0.25) is 0 Å². The van der Waals surface area contributed by atoms with Crippen LogP contribution in [0.15, 0.2) is 36.4 Å². The number of piperidine rings is 2. The van der Waals surface area contributed by atoms with E-state index in [0.29, 0.717) is 17.1 Å². The molecule has 0 spiro atoms. The Morgan fingerprint density at radius 1 is 0.944 bits per heavy atom. The van der Waals surface area contributed by atoms with Crippen LogP contribution in [0.3, 0.4) is 0 Å². The molecule has 5 rings (SSSR count). The van der Waals surface area contributed by atoms with Crippen LogP contribution >= 0.6 is 12.2 Å². The lowest BCUT2D eigenvalue weighted by Crippen LogP contribution is -2.41. The molecule has 0 amide bonds. The van der Waals surface area contributed by atoms with E-state index in [1.807, 2.05) is 0 Å². The van der Waals surface area contributed by atoms with E-state index in [0.717, 1.165) is 43.7 Å². The highest BCUT2D eigenvalue weighted by Gasteiger charge is 2.35. The molecule has 0 unspecified atom stereocenters. The van der Waals surface area contributed by atoms with Crippen LogP contribution < -0.4 is 20.4 Å². The first-order valence-corrected chi connectivity index (χ1v) is 14.4. The van der Waals surface area contributed by atoms with Crippen molar-refractivity contribution >= 4 is 34.9 Å². The summed E-state index contributed by atoms with van der Waals surface area (Å²) in [5, 5.41) is 7.51. The van der Waals surface area contributed by atoms with Crippen LogP contribution in [0.4, 0.5) is 17.6 Å². The van der Waals surface area contributed by atoms with Crippen LogP contribution in [0.25, 0.3) is 0 Å². The lowest BCUT2D eigenvalue weighted by molar-refractivity contribution is 0.435. The van der Waals surface area contributed by atoms with Gasteiger partial charge in [-0.15, -0.1) is 0 Å². The number of nitrogens with one attached hydrogen (secondary N) is 2. The summed E-state index contributed by atoms with van der Waals surface area (Å²) in [4.78, 5) is 14.8. The average Bonchev–Trinajstić information content (AvgIpc) is 3.39. The summed E-state index contributed by atoms with van der Waals surface area (Å²) in [5.74, 6) is 3.43. The zero-order valence-corrected chi connectivity index (χ0v) is 22.8. The lowest BCUT2D eigenvalue weighted by Gasteiger charge is -2.36. The van der Waals surface area contributed by atoms with Crippen LogP contribution in [0.5, 0.6) is 0 Å². The molecule has 1 aromatic carbocycles. The number of aromatic nitrogens is 2. The minimum Gasteiger partial charge on any atom is -0.361 e. The molecule has 3 fully saturated rings. The number of rotatable bonds is 6. The Morgan fingerprint density at radius 2 is 1.67 bits per heavy atom. The molecule has 0 radical (unpaired) electrons. The number of anilines is 3. The maximum atomic E-state index is 5.78. The van der Waals surface area contributed by atoms with E-state index < -0.39 is 0 Å². The number of hydrogen-bond donors (Lipinski definition) is 2. The van der Waals surface area contributed by atoms with Crippen molar-refractivity contribution in [1.82, 2.24) is 15.3 Å². The standard InChI is InChI=1S/C29H42N6S/c1-22-13-18-34(19-14-22)25-20-26(35-17-9-6-10-23(35)2)32-27(31-25)33-28(36)30-21-29(15-7-8-16-29)24-11-4-3-5-12-24/h3-5,11-12,20,22-23H,6-10,13-19,21H2,1-2H3,(H2,30,31,32,33,36)/t23-/m0/s1. The zero-order chi connectivity index (χ0) is 25.0. The quantitative estimate of drug-likeness (QED) is 0.474. The highest BCUT2D eigenvalue weighted by atomic mass is 32.1. The minimum absolute atomic E-state index is 0.147. The Labute approximate surface area is 222 Å². The number of benzene rings is 1. The Kier molecular flexibility index (Phi) is 7.94. The molecule has 1 aromatic heterocycles. The summed E-state index contributed by atoms with van der Waals surface area (Å²) in [6, 6.07) is 13.6. The molecular formula is C29H42N6S. The van der Waals surface area contributed by atoms with Gasteiger partial charge in [-0.05, 0) is 75.6 Å². The molecule has 194 valence electrons. The lowest BCUT2D eigenvalue weighted by atomic mass is 9.79. The van der Waals surface area contributed by atoms with Gasteiger partial charge in [-0.3, -0.25) is 0 Å². The molecule has 6 nitrogen and oxygen atoms in total. The Bertz CT molecular complexity index is 1010. The SMILES string of the molecule is CC1CCN(c2cc(N3CCCC[C@@H]3C)nc(NC(=S)NCC3(c4ccccc4)CCCC3)n2)CC1. The maximum absolute atomic E-state index is 5.78. The summed E-state index contributed by atoms with van der Waals surface area (Å²) in [7, 11) is 0. The Balaban J connectivity index is 1.32. The van der Waals surface area contributed by atoms with Crippen molar-refractivity contribution < 1.29 is 0 Å². The predicted molar refractivity (Wildman–Crippen MR) is 154 cm³/mol. The van der Waals surface area contributed by atoms with Crippen molar-refractivity contribution in [2.75, 3.05) is 41.3 Å². The fourth-order valence-electron chi connectivity index (χ4n) is 6.27. The van der Waals surface area contributed by atoms with E-state index in [2.05, 4.69) is 70.7 Å². The normalized spacial score (nSPS) is 22.4. The third-order valence-corrected chi connectivity index (χ3v) is 8.91. The smallest absolute Gasteiger partial charge is 0.232 e. The van der Waals surface area contributed by atoms with E-state index in [9.17, 15) is 0 Å². The fraction of sp³-hybridized carbons (Fsp3) is 0.621. The van der Waals surface area contributed by atoms with Crippen molar-refractivity contribution in [3.63, 3.8) is 0 Å². The first kappa shape index (κ1) is 25.2. The van der Waals surface area contributed by atoms with Gasteiger partial charge in [-0.2, -0.15) is 9.97 Å². The third kappa shape index (κ3) is 5.77. The summed E-state index contributed by atoms with van der Waals surface area (Å²) in [6.45, 7) is 8.65. The maximum Gasteiger partial charge on any atom is 0.232 e. The van der Waals surface area contributed by atoms with Gasteiger partial charge in [0.1, 0.15) is 11.6 Å². The molecule has 2 aromatic rings. The van der Waals surface area contributed by atoms with Crippen molar-refractivity contribution in [3.8, 4) is 0 Å². The Hall–Kier alpha value is -2.41. The summed E-state index contributed by atoms with van der Waals surface area (Å²) in [5.41, 5.74) is 1.56. The van der Waals surface area contributed by atoms with Crippen molar-refractivity contribution in [2.45, 2.75) is 83.1 Å². The second-order valence-electron chi connectivity index (χ2n) is 11.3. The molecule has 2 N–H and O–H groups in total. The van der Waals surface area contributed by atoms with Gasteiger partial charge in [0.15, 0.2) is 5.11 Å². The van der Waals surface area contributed by atoms with Gasteiger partial charge in [-0.25, -0.2) is 0 Å². The van der Waals surface area contributed by atoms with Gasteiger partial charge in [-0.1, -0.05) is 50.1 Å². The fourth-order valence-corrected chi connectivity index (χ4v) is 6.43. The minimum atomic E-state index is 0.147. The van der Waals surface area contributed by atoms with E-state index in [-0.39, 0.29) is 5.41 Å². The van der Waals surface area contributed by atoms with Crippen LogP contribution in [-0.2, 0) is 5.41 Å². The van der Waals surface area contributed by atoms with Gasteiger partial charge in [0.25, 0.3) is 0 Å². The highest BCUT2D eigenvalue weighted by molar-refractivity contribution is 7.80. The topological polar surface area (TPSA) is 56.3 Å². The van der Waals surface area contributed by atoms with Gasteiger partial charge in [0.2, 0.25) is 5.95 Å². The second-order valence-corrected chi connectivity index (χ2v) is 11.7. The molecular weight excluding hydrogens is 464 g/mol. The van der Waals surface area contributed by atoms with E-state index in [1.54, 1.807) is 0 Å². The number of thiocarbonyl (C=S) groups is 1. The van der Waals surface area contributed by atoms with Crippen LogP contribution in [0.1, 0.15) is 77.2 Å². The van der Waals surface area contributed by atoms with Gasteiger partial charge in [0, 0.05) is 43.7 Å². The average molecular weight is 507 g/mol. The molecule has 1 saturated carbocycles. The monoisotopic (exact) mass is 506 g/mol. The summed E-state index contributed by atoms with van der Waals surface area (Å²) < 4.78 is 0. The van der Waals surface area contributed by atoms with E-state index in [4.69, 9.17) is 22.2 Å². The Morgan fingerprint density at radius 3 is 2.39 bits per heavy atom. The molecule has 1 atom stereocenters. The summed E-state index contributed by atoms with van der Waals surface area (Å²) in [6.07, 6.45) is 11.1. The molecule has 0 bridgehead atoms. The zero-order valence-electron chi connectivity index (χ0n) is 22.0. The van der Waals surface area contributed by atoms with Gasteiger partial charge in [0.05, 0.1) is 0 Å². The third-order valence-electron chi connectivity index (χ3n) is 8.66. The van der Waals surface area contributed by atoms with Crippen molar-refractivity contribution in [2.24, 2.45) is 5.92 Å². The van der Waals surface area contributed by atoms with Gasteiger partial charge >= 0.3 is 0 Å². The van der Waals surface area contributed by atoms with Gasteiger partial charge < -0.3 is 20.4 Å². The first-order valence-electron chi connectivity index (χ1n) is 14.0.